The molecule has 40 heavy (non-hydrogen) atoms. The van der Waals surface area contributed by atoms with Crippen molar-refractivity contribution in [2.75, 3.05) is 29.9 Å². The lowest BCUT2D eigenvalue weighted by molar-refractivity contribution is -0.274. The van der Waals surface area contributed by atoms with Crippen LogP contribution < -0.4 is 15.0 Å². The molecule has 0 spiro atoms. The topological polar surface area (TPSA) is 94.4 Å². The fourth-order valence-corrected chi connectivity index (χ4v) is 4.63. The van der Waals surface area contributed by atoms with Gasteiger partial charge in [0.15, 0.2) is 5.82 Å². The number of amides is 2. The molecule has 2 heterocycles. The first kappa shape index (κ1) is 28.4. The van der Waals surface area contributed by atoms with Gasteiger partial charge in [0.1, 0.15) is 11.4 Å². The summed E-state index contributed by atoms with van der Waals surface area (Å²) in [6.07, 6.45) is -4.78. The largest absolute Gasteiger partial charge is 0.573 e. The Labute approximate surface area is 234 Å². The molecule has 1 unspecified atom stereocenters. The Morgan fingerprint density at radius 3 is 2.30 bits per heavy atom. The van der Waals surface area contributed by atoms with Crippen LogP contribution in [0.1, 0.15) is 12.5 Å². The van der Waals surface area contributed by atoms with Crippen molar-refractivity contribution in [3.63, 3.8) is 0 Å². The second-order valence-corrected chi connectivity index (χ2v) is 9.10. The molecule has 1 N–H and O–H groups in total. The molecule has 1 atom stereocenters. The Bertz CT molecular complexity index is 1540. The number of alkyl halides is 3. The molecule has 12 heteroatoms. The maximum absolute atomic E-state index is 12.9. The lowest BCUT2D eigenvalue weighted by atomic mass is 10.0. The number of urea groups is 1. The van der Waals surface area contributed by atoms with Crippen molar-refractivity contribution in [3.05, 3.63) is 78.4 Å². The summed E-state index contributed by atoms with van der Waals surface area (Å²) < 4.78 is 41.0. The third-order valence-electron chi connectivity index (χ3n) is 6.48. The Balaban J connectivity index is 0.00000370. The third kappa shape index (κ3) is 6.18. The van der Waals surface area contributed by atoms with E-state index in [1.165, 1.54) is 12.1 Å². The number of ether oxygens (including phenoxy) is 1. The van der Waals surface area contributed by atoms with Gasteiger partial charge in [-0.15, -0.1) is 35.8 Å². The fourth-order valence-electron chi connectivity index (χ4n) is 4.63. The molecule has 1 aromatic heterocycles. The standard InChI is InChI=1S/C28H23F3N6O2.ClH/c1-18-17-36(14-15-37(18)27(38)33-21-10-12-22(13-11-21)39-28(29,30)31)26-24-5-3-2-4-23(24)25(34-35-26)20-8-6-19(16-32)7-9-20;/h2-13,18H,14-15,17H2,1H3,(H,33,38);1H. The van der Waals surface area contributed by atoms with E-state index in [0.717, 1.165) is 40.0 Å². The van der Waals surface area contributed by atoms with Gasteiger partial charge >= 0.3 is 12.4 Å². The normalized spacial score (nSPS) is 15.2. The third-order valence-corrected chi connectivity index (χ3v) is 6.48. The van der Waals surface area contributed by atoms with Crippen molar-refractivity contribution in [2.45, 2.75) is 19.3 Å². The van der Waals surface area contributed by atoms with Crippen LogP contribution in [0.5, 0.6) is 5.75 Å². The molecule has 1 aliphatic heterocycles. The van der Waals surface area contributed by atoms with Crippen LogP contribution >= 0.6 is 12.4 Å². The zero-order chi connectivity index (χ0) is 27.6. The van der Waals surface area contributed by atoms with E-state index in [0.29, 0.717) is 30.9 Å². The minimum Gasteiger partial charge on any atom is -0.406 e. The number of halogens is 4. The number of nitrogens with zero attached hydrogens (tertiary/aromatic N) is 5. The number of benzene rings is 3. The number of hydrogen-bond acceptors (Lipinski definition) is 6. The Kier molecular flexibility index (Phi) is 8.30. The highest BCUT2D eigenvalue weighted by atomic mass is 35.5. The van der Waals surface area contributed by atoms with Crippen LogP contribution in [0.25, 0.3) is 22.0 Å². The maximum Gasteiger partial charge on any atom is 0.573 e. The van der Waals surface area contributed by atoms with Crippen molar-refractivity contribution in [1.29, 1.82) is 5.26 Å². The summed E-state index contributed by atoms with van der Waals surface area (Å²) in [6.45, 7) is 3.37. The van der Waals surface area contributed by atoms with E-state index >= 15 is 0 Å². The highest BCUT2D eigenvalue weighted by Gasteiger charge is 2.31. The highest BCUT2D eigenvalue weighted by Crippen LogP contribution is 2.32. The Morgan fingerprint density at radius 1 is 1.00 bits per heavy atom. The van der Waals surface area contributed by atoms with E-state index in [1.54, 1.807) is 17.0 Å². The molecule has 206 valence electrons. The molecular weight excluding hydrogens is 545 g/mol. The van der Waals surface area contributed by atoms with E-state index in [-0.39, 0.29) is 30.2 Å². The van der Waals surface area contributed by atoms with E-state index < -0.39 is 6.36 Å². The summed E-state index contributed by atoms with van der Waals surface area (Å²) in [5, 5.41) is 22.8. The van der Waals surface area contributed by atoms with Gasteiger partial charge in [-0.1, -0.05) is 36.4 Å². The van der Waals surface area contributed by atoms with Crippen LogP contribution in [0.15, 0.2) is 72.8 Å². The van der Waals surface area contributed by atoms with Crippen molar-refractivity contribution < 1.29 is 22.7 Å². The number of nitriles is 1. The predicted octanol–water partition coefficient (Wildman–Crippen LogP) is 6.23. The van der Waals surface area contributed by atoms with Crippen LogP contribution in [0.2, 0.25) is 0 Å². The van der Waals surface area contributed by atoms with Crippen molar-refractivity contribution in [1.82, 2.24) is 15.1 Å². The molecule has 0 radical (unpaired) electrons. The lowest BCUT2D eigenvalue weighted by Crippen LogP contribution is -2.55. The summed E-state index contributed by atoms with van der Waals surface area (Å²) in [5.74, 6) is 0.358. The van der Waals surface area contributed by atoms with Gasteiger partial charge in [-0.25, -0.2) is 4.79 Å². The molecule has 1 fully saturated rings. The smallest absolute Gasteiger partial charge is 0.406 e. The van der Waals surface area contributed by atoms with Gasteiger partial charge in [-0.2, -0.15) is 5.26 Å². The number of carbonyl (C=O) groups is 1. The number of nitrogens with one attached hydrogen (secondary N) is 1. The zero-order valence-electron chi connectivity index (χ0n) is 21.2. The van der Waals surface area contributed by atoms with Gasteiger partial charge < -0.3 is 19.9 Å². The molecule has 4 aromatic rings. The molecule has 8 nitrogen and oxygen atoms in total. The van der Waals surface area contributed by atoms with E-state index in [4.69, 9.17) is 5.26 Å². The monoisotopic (exact) mass is 568 g/mol. The second-order valence-electron chi connectivity index (χ2n) is 9.10. The summed E-state index contributed by atoms with van der Waals surface area (Å²) in [5.41, 5.74) is 2.50. The van der Waals surface area contributed by atoms with Crippen molar-refractivity contribution in [3.8, 4) is 23.1 Å². The molecule has 1 saturated heterocycles. The van der Waals surface area contributed by atoms with Gasteiger partial charge in [0.05, 0.1) is 11.6 Å². The maximum atomic E-state index is 12.9. The number of carbonyl (C=O) groups excluding carboxylic acids is 1. The molecule has 0 bridgehead atoms. The first-order valence-corrected chi connectivity index (χ1v) is 12.2. The average molecular weight is 569 g/mol. The molecular formula is C28H24ClF3N6O2. The number of hydrogen-bond donors (Lipinski definition) is 1. The first-order valence-electron chi connectivity index (χ1n) is 12.2. The van der Waals surface area contributed by atoms with E-state index in [2.05, 4.69) is 31.2 Å². The first-order chi connectivity index (χ1) is 18.7. The summed E-state index contributed by atoms with van der Waals surface area (Å²) in [7, 11) is 0. The van der Waals surface area contributed by atoms with Gasteiger partial charge in [-0.05, 0) is 43.3 Å². The molecule has 1 aliphatic rings. The minimum absolute atomic E-state index is 0. The lowest BCUT2D eigenvalue weighted by Gasteiger charge is -2.40. The zero-order valence-corrected chi connectivity index (χ0v) is 22.0. The van der Waals surface area contributed by atoms with Gasteiger partial charge in [0.25, 0.3) is 0 Å². The Morgan fingerprint density at radius 2 is 1.68 bits per heavy atom. The fraction of sp³-hybridized carbons (Fsp3) is 0.214. The van der Waals surface area contributed by atoms with E-state index in [9.17, 15) is 18.0 Å². The number of anilines is 2. The summed E-state index contributed by atoms with van der Waals surface area (Å²) >= 11 is 0. The molecule has 0 saturated carbocycles. The summed E-state index contributed by atoms with van der Waals surface area (Å²) in [6, 6.07) is 21.7. The van der Waals surface area contributed by atoms with Crippen LogP contribution in [0.4, 0.5) is 29.5 Å². The van der Waals surface area contributed by atoms with Crippen molar-refractivity contribution in [2.24, 2.45) is 0 Å². The van der Waals surface area contributed by atoms with Gasteiger partial charge in [-0.3, -0.25) is 0 Å². The Hall–Kier alpha value is -4.56. The average Bonchev–Trinajstić information content (AvgIpc) is 2.92. The van der Waals surface area contributed by atoms with Crippen LogP contribution in [-0.2, 0) is 0 Å². The molecule has 5 rings (SSSR count). The predicted molar refractivity (Wildman–Crippen MR) is 147 cm³/mol. The number of rotatable bonds is 4. The van der Waals surface area contributed by atoms with Crippen molar-refractivity contribution >= 4 is 40.7 Å². The number of fused-ring (bicyclic) bond motifs is 1. The van der Waals surface area contributed by atoms with Crippen LogP contribution in [0, 0.1) is 11.3 Å². The SMILES string of the molecule is CC1CN(c2nnc(-c3ccc(C#N)cc3)c3ccccc23)CCN1C(=O)Nc1ccc(OC(F)(F)F)cc1.Cl. The quantitative estimate of drug-likeness (QED) is 0.313. The van der Waals surface area contributed by atoms with Crippen LogP contribution in [-0.4, -0.2) is 53.2 Å². The highest BCUT2D eigenvalue weighted by molar-refractivity contribution is 6.00. The minimum atomic E-state index is -4.78. The molecule has 3 aromatic carbocycles. The van der Waals surface area contributed by atoms with Gasteiger partial charge in [0, 0.05) is 47.7 Å². The second kappa shape index (κ2) is 11.7. The number of piperazine rings is 1. The number of aromatic nitrogens is 2. The van der Waals surface area contributed by atoms with Gasteiger partial charge in [0.2, 0.25) is 0 Å². The summed E-state index contributed by atoms with van der Waals surface area (Å²) in [4.78, 5) is 16.7. The molecule has 0 aliphatic carbocycles. The van der Waals surface area contributed by atoms with Crippen LogP contribution in [0.3, 0.4) is 0 Å². The van der Waals surface area contributed by atoms with E-state index in [1.807, 2.05) is 43.3 Å². The molecule has 2 amide bonds.